The van der Waals surface area contributed by atoms with Crippen molar-refractivity contribution in [3.05, 3.63) is 41.4 Å². The van der Waals surface area contributed by atoms with Crippen LogP contribution in [0.4, 0.5) is 0 Å². The second kappa shape index (κ2) is 9.87. The SMILES string of the molecule is O=C(CCCCCNS(=O)(=O)c1cccc2c(Cl)cccc12)NCCO. The van der Waals surface area contributed by atoms with Crippen LogP contribution in [0.1, 0.15) is 25.7 Å². The monoisotopic (exact) mass is 398 g/mol. The molecule has 0 saturated heterocycles. The fourth-order valence-electron chi connectivity index (χ4n) is 2.63. The molecule has 0 saturated carbocycles. The number of unbranched alkanes of at least 4 members (excludes halogenated alkanes) is 2. The molecule has 26 heavy (non-hydrogen) atoms. The maximum absolute atomic E-state index is 12.6. The van der Waals surface area contributed by atoms with Crippen LogP contribution in [0.2, 0.25) is 5.02 Å². The number of hydrogen-bond acceptors (Lipinski definition) is 4. The van der Waals surface area contributed by atoms with Crippen molar-refractivity contribution < 1.29 is 18.3 Å². The van der Waals surface area contributed by atoms with Gasteiger partial charge in [-0.3, -0.25) is 4.79 Å². The summed E-state index contributed by atoms with van der Waals surface area (Å²) in [5, 5.41) is 13.0. The molecule has 142 valence electrons. The first kappa shape index (κ1) is 20.6. The Labute approximate surface area is 158 Å². The van der Waals surface area contributed by atoms with Gasteiger partial charge < -0.3 is 10.4 Å². The minimum absolute atomic E-state index is 0.0765. The fraction of sp³-hybridized carbons (Fsp3) is 0.389. The van der Waals surface area contributed by atoms with Crippen molar-refractivity contribution in [1.82, 2.24) is 10.0 Å². The molecule has 2 rings (SSSR count). The molecule has 0 aliphatic carbocycles. The Morgan fingerprint density at radius 2 is 1.73 bits per heavy atom. The lowest BCUT2D eigenvalue weighted by Gasteiger charge is -2.10. The van der Waals surface area contributed by atoms with Gasteiger partial charge in [-0.05, 0) is 25.0 Å². The van der Waals surface area contributed by atoms with Crippen LogP contribution in [-0.2, 0) is 14.8 Å². The Bertz CT molecular complexity index is 855. The van der Waals surface area contributed by atoms with E-state index >= 15 is 0 Å². The van der Waals surface area contributed by atoms with E-state index in [9.17, 15) is 13.2 Å². The highest BCUT2D eigenvalue weighted by molar-refractivity contribution is 7.89. The molecule has 3 N–H and O–H groups in total. The van der Waals surface area contributed by atoms with E-state index in [4.69, 9.17) is 16.7 Å². The smallest absolute Gasteiger partial charge is 0.241 e. The number of aliphatic hydroxyl groups excluding tert-OH is 1. The van der Waals surface area contributed by atoms with Crippen molar-refractivity contribution in [1.29, 1.82) is 0 Å². The molecule has 8 heteroatoms. The predicted molar refractivity (Wildman–Crippen MR) is 103 cm³/mol. The number of carbonyl (C=O) groups is 1. The first-order valence-electron chi connectivity index (χ1n) is 8.50. The lowest BCUT2D eigenvalue weighted by Crippen LogP contribution is -2.26. The van der Waals surface area contributed by atoms with Gasteiger partial charge in [0.05, 0.1) is 11.5 Å². The third-order valence-electron chi connectivity index (χ3n) is 3.93. The third kappa shape index (κ3) is 5.67. The minimum Gasteiger partial charge on any atom is -0.395 e. The van der Waals surface area contributed by atoms with E-state index in [1.54, 1.807) is 36.4 Å². The van der Waals surface area contributed by atoms with Crippen molar-refractivity contribution in [2.24, 2.45) is 0 Å². The van der Waals surface area contributed by atoms with Crippen molar-refractivity contribution in [3.8, 4) is 0 Å². The van der Waals surface area contributed by atoms with Crippen molar-refractivity contribution in [2.75, 3.05) is 19.7 Å². The minimum atomic E-state index is -3.63. The number of fused-ring (bicyclic) bond motifs is 1. The standard InChI is InChI=1S/C18H23ClN2O4S/c19-16-8-4-7-15-14(16)6-5-9-17(15)26(24,25)21-11-3-1-2-10-18(23)20-12-13-22/h4-9,21-22H,1-3,10-13H2,(H,20,23). The van der Waals surface area contributed by atoms with Crippen LogP contribution < -0.4 is 10.0 Å². The molecule has 2 aromatic rings. The van der Waals surface area contributed by atoms with Gasteiger partial charge in [-0.1, -0.05) is 42.3 Å². The Morgan fingerprint density at radius 1 is 1.00 bits per heavy atom. The van der Waals surface area contributed by atoms with E-state index in [0.29, 0.717) is 41.6 Å². The van der Waals surface area contributed by atoms with Gasteiger partial charge >= 0.3 is 0 Å². The van der Waals surface area contributed by atoms with Gasteiger partial charge in [0.25, 0.3) is 0 Å². The first-order chi connectivity index (χ1) is 12.5. The molecule has 0 unspecified atom stereocenters. The lowest BCUT2D eigenvalue weighted by atomic mass is 10.1. The van der Waals surface area contributed by atoms with Crippen molar-refractivity contribution in [2.45, 2.75) is 30.6 Å². The van der Waals surface area contributed by atoms with Crippen LogP contribution >= 0.6 is 11.6 Å². The number of rotatable bonds is 10. The van der Waals surface area contributed by atoms with E-state index in [1.807, 2.05) is 0 Å². The molecule has 0 atom stereocenters. The zero-order chi connectivity index (χ0) is 19.0. The van der Waals surface area contributed by atoms with Crippen LogP contribution in [0.25, 0.3) is 10.8 Å². The van der Waals surface area contributed by atoms with Gasteiger partial charge in [-0.15, -0.1) is 0 Å². The number of benzene rings is 2. The second-order valence-corrected chi connectivity index (χ2v) is 8.02. The predicted octanol–water partition coefficient (Wildman–Crippen LogP) is 2.44. The molecule has 0 heterocycles. The third-order valence-corrected chi connectivity index (χ3v) is 5.77. The van der Waals surface area contributed by atoms with Gasteiger partial charge in [0.15, 0.2) is 0 Å². The molecule has 0 aliphatic heterocycles. The van der Waals surface area contributed by atoms with E-state index in [1.165, 1.54) is 0 Å². The summed E-state index contributed by atoms with van der Waals surface area (Å²) in [7, 11) is -3.63. The molecule has 2 aromatic carbocycles. The highest BCUT2D eigenvalue weighted by atomic mass is 35.5. The Balaban J connectivity index is 1.86. The van der Waals surface area contributed by atoms with Crippen molar-refractivity contribution >= 4 is 38.3 Å². The average molecular weight is 399 g/mol. The molecule has 0 spiro atoms. The number of hydrogen-bond donors (Lipinski definition) is 3. The van der Waals surface area contributed by atoms with E-state index in [2.05, 4.69) is 10.0 Å². The van der Waals surface area contributed by atoms with Crippen LogP contribution in [0.3, 0.4) is 0 Å². The zero-order valence-corrected chi connectivity index (χ0v) is 15.9. The molecule has 0 fully saturated rings. The van der Waals surface area contributed by atoms with Gasteiger partial charge in [-0.25, -0.2) is 13.1 Å². The molecule has 6 nitrogen and oxygen atoms in total. The summed E-state index contributed by atoms with van der Waals surface area (Å²) in [6, 6.07) is 10.2. The molecule has 1 amide bonds. The average Bonchev–Trinajstić information content (AvgIpc) is 2.62. The van der Waals surface area contributed by atoms with Crippen LogP contribution in [0.15, 0.2) is 41.3 Å². The summed E-state index contributed by atoms with van der Waals surface area (Å²) in [6.45, 7) is 0.484. The Hall–Kier alpha value is -1.67. The van der Waals surface area contributed by atoms with E-state index in [-0.39, 0.29) is 24.0 Å². The molecular weight excluding hydrogens is 376 g/mol. The van der Waals surface area contributed by atoms with E-state index in [0.717, 1.165) is 6.42 Å². The zero-order valence-electron chi connectivity index (χ0n) is 14.4. The summed E-state index contributed by atoms with van der Waals surface area (Å²) in [5.74, 6) is -0.104. The number of sulfonamides is 1. The Kier molecular flexibility index (Phi) is 7.84. The molecule has 0 radical (unpaired) electrons. The molecule has 0 aliphatic rings. The number of amides is 1. The van der Waals surface area contributed by atoms with E-state index < -0.39 is 10.0 Å². The molecular formula is C18H23ClN2O4S. The van der Waals surface area contributed by atoms with Gasteiger partial charge in [0.1, 0.15) is 0 Å². The summed E-state index contributed by atoms with van der Waals surface area (Å²) in [6.07, 6.45) is 2.41. The molecule has 0 aromatic heterocycles. The summed E-state index contributed by atoms with van der Waals surface area (Å²) < 4.78 is 27.8. The number of carbonyl (C=O) groups excluding carboxylic acids is 1. The second-order valence-electron chi connectivity index (χ2n) is 5.87. The largest absolute Gasteiger partial charge is 0.395 e. The normalized spacial score (nSPS) is 11.6. The Morgan fingerprint density at radius 3 is 2.50 bits per heavy atom. The number of aliphatic hydroxyl groups is 1. The van der Waals surface area contributed by atoms with Gasteiger partial charge in [-0.2, -0.15) is 0 Å². The number of nitrogens with one attached hydrogen (secondary N) is 2. The van der Waals surface area contributed by atoms with Crippen LogP contribution in [-0.4, -0.2) is 39.1 Å². The number of halogens is 1. The van der Waals surface area contributed by atoms with Gasteiger partial charge in [0, 0.05) is 35.3 Å². The highest BCUT2D eigenvalue weighted by Gasteiger charge is 2.17. The maximum Gasteiger partial charge on any atom is 0.241 e. The van der Waals surface area contributed by atoms with Crippen LogP contribution in [0.5, 0.6) is 0 Å². The quantitative estimate of drug-likeness (QED) is 0.535. The summed E-state index contributed by atoms with van der Waals surface area (Å²) >= 11 is 6.14. The first-order valence-corrected chi connectivity index (χ1v) is 10.4. The topological polar surface area (TPSA) is 95.5 Å². The van der Waals surface area contributed by atoms with Crippen molar-refractivity contribution in [3.63, 3.8) is 0 Å². The lowest BCUT2D eigenvalue weighted by molar-refractivity contribution is -0.121. The summed E-state index contributed by atoms with van der Waals surface area (Å²) in [4.78, 5) is 11.6. The van der Waals surface area contributed by atoms with Gasteiger partial charge in [0.2, 0.25) is 15.9 Å². The fourth-order valence-corrected chi connectivity index (χ4v) is 4.16. The summed E-state index contributed by atoms with van der Waals surface area (Å²) in [5.41, 5.74) is 0. The molecule has 0 bridgehead atoms. The highest BCUT2D eigenvalue weighted by Crippen LogP contribution is 2.28. The maximum atomic E-state index is 12.6. The van der Waals surface area contributed by atoms with Crippen LogP contribution in [0, 0.1) is 0 Å².